The highest BCUT2D eigenvalue weighted by Gasteiger charge is 2.37. The second-order valence-electron chi connectivity index (χ2n) is 9.51. The van der Waals surface area contributed by atoms with Crippen LogP contribution in [0, 0.1) is 0 Å². The highest BCUT2D eigenvalue weighted by molar-refractivity contribution is 6.22. The van der Waals surface area contributed by atoms with Crippen molar-refractivity contribution in [2.75, 3.05) is 0 Å². The van der Waals surface area contributed by atoms with Crippen LogP contribution in [0.2, 0.25) is 0 Å². The summed E-state index contributed by atoms with van der Waals surface area (Å²) in [4.78, 5) is 0. The molecule has 0 heteroatoms. The van der Waals surface area contributed by atoms with E-state index in [1.807, 2.05) is 36.4 Å². The molecule has 0 aromatic heterocycles. The van der Waals surface area contributed by atoms with Gasteiger partial charge in [-0.2, -0.15) is 0 Å². The summed E-state index contributed by atoms with van der Waals surface area (Å²) in [6.07, 6.45) is 0. The molecule has 6 aromatic carbocycles. The van der Waals surface area contributed by atoms with E-state index in [9.17, 15) is 2.74 Å². The van der Waals surface area contributed by atoms with Gasteiger partial charge in [-0.05, 0) is 66.1 Å². The first kappa shape index (κ1) is 13.7. The molecule has 7 rings (SSSR count). The van der Waals surface area contributed by atoms with Crippen LogP contribution in [-0.4, -0.2) is 0 Å². The van der Waals surface area contributed by atoms with Crippen molar-refractivity contribution in [1.82, 2.24) is 0 Å². The molecule has 0 heterocycles. The summed E-state index contributed by atoms with van der Waals surface area (Å²) in [5.74, 6) is 0. The van der Waals surface area contributed by atoms with Gasteiger partial charge in [0, 0.05) is 5.41 Å². The molecule has 0 nitrogen and oxygen atoms in total. The molecule has 166 valence electrons. The minimum Gasteiger partial charge on any atom is -0.0622 e. The lowest BCUT2D eigenvalue weighted by molar-refractivity contribution is 0.660. The van der Waals surface area contributed by atoms with E-state index >= 15 is 0 Å². The molecular formula is C35H26. The van der Waals surface area contributed by atoms with Crippen LogP contribution in [0.3, 0.4) is 0 Å². The topological polar surface area (TPSA) is 0 Å². The maximum absolute atomic E-state index is 9.21. The van der Waals surface area contributed by atoms with Gasteiger partial charge < -0.3 is 0 Å². The molecule has 6 aromatic rings. The number of hydrogen-bond acceptors (Lipinski definition) is 0. The highest BCUT2D eigenvalue weighted by atomic mass is 14.4. The number of hydrogen-bond donors (Lipinski definition) is 0. The van der Waals surface area contributed by atoms with Crippen LogP contribution >= 0.6 is 0 Å². The van der Waals surface area contributed by atoms with Crippen molar-refractivity contribution >= 4 is 21.5 Å². The van der Waals surface area contributed by atoms with Gasteiger partial charge in [0.15, 0.2) is 0 Å². The Morgan fingerprint density at radius 1 is 0.486 bits per heavy atom. The van der Waals surface area contributed by atoms with E-state index in [0.717, 1.165) is 22.3 Å². The van der Waals surface area contributed by atoms with Crippen LogP contribution in [-0.2, 0) is 5.41 Å². The van der Waals surface area contributed by atoms with Crippen molar-refractivity contribution in [2.45, 2.75) is 19.3 Å². The molecule has 0 saturated heterocycles. The fourth-order valence-electron chi connectivity index (χ4n) is 5.75. The maximum Gasteiger partial charge on any atom is 0.0629 e. The van der Waals surface area contributed by atoms with Crippen LogP contribution in [0.15, 0.2) is 121 Å². The first-order valence-corrected chi connectivity index (χ1v) is 11.7. The lowest BCUT2D eigenvalue weighted by atomic mass is 9.81. The van der Waals surface area contributed by atoms with Gasteiger partial charge in [-0.3, -0.25) is 0 Å². The maximum atomic E-state index is 9.21. The monoisotopic (exact) mass is 454 g/mol. The molecule has 0 amide bonds. The van der Waals surface area contributed by atoms with E-state index in [2.05, 4.69) is 26.0 Å². The minimum absolute atomic E-state index is 0.230. The Bertz CT molecular complexity index is 2100. The Kier molecular flexibility index (Phi) is 2.89. The van der Waals surface area contributed by atoms with Crippen LogP contribution in [0.5, 0.6) is 0 Å². The van der Waals surface area contributed by atoms with Crippen LogP contribution in [0.4, 0.5) is 0 Å². The third-order valence-corrected chi connectivity index (χ3v) is 7.31. The Labute approximate surface area is 217 Å². The van der Waals surface area contributed by atoms with Gasteiger partial charge in [0.25, 0.3) is 0 Å². The molecule has 0 N–H and O–H groups in total. The standard InChI is InChI=1S/C35H26/c1-35(2)30-21-11-10-19-28(30)34-29(20-12-22-31(34)35)33-26-17-8-6-15-24(26)32(23-13-4-3-5-14-23)25-16-7-9-18-27(25)33/h3-22H,1-2H3/i6D,7D,8D,9D,15D,16D,17D,18D. The summed E-state index contributed by atoms with van der Waals surface area (Å²) in [7, 11) is 0. The molecule has 0 atom stereocenters. The van der Waals surface area contributed by atoms with Crippen molar-refractivity contribution in [2.24, 2.45) is 0 Å². The molecule has 0 saturated carbocycles. The lowest BCUT2D eigenvalue weighted by Gasteiger charge is -2.22. The van der Waals surface area contributed by atoms with Gasteiger partial charge in [-0.15, -0.1) is 0 Å². The quantitative estimate of drug-likeness (QED) is 0.228. The van der Waals surface area contributed by atoms with Crippen molar-refractivity contribution in [3.05, 3.63) is 132 Å². The van der Waals surface area contributed by atoms with E-state index in [1.54, 1.807) is 24.3 Å². The Morgan fingerprint density at radius 2 is 1.00 bits per heavy atom. The van der Waals surface area contributed by atoms with E-state index in [0.29, 0.717) is 22.3 Å². The summed E-state index contributed by atoms with van der Waals surface area (Å²) < 4.78 is 71.2. The third-order valence-electron chi connectivity index (χ3n) is 7.31. The van der Waals surface area contributed by atoms with Crippen molar-refractivity contribution < 1.29 is 11.0 Å². The molecule has 35 heavy (non-hydrogen) atoms. The molecule has 0 spiro atoms. The van der Waals surface area contributed by atoms with Crippen LogP contribution < -0.4 is 0 Å². The summed E-state index contributed by atoms with van der Waals surface area (Å²) >= 11 is 0. The first-order valence-electron chi connectivity index (χ1n) is 15.7. The van der Waals surface area contributed by atoms with Crippen molar-refractivity contribution in [3.8, 4) is 33.4 Å². The summed E-state index contributed by atoms with van der Waals surface area (Å²) in [6, 6.07) is 20.4. The third kappa shape index (κ3) is 2.80. The van der Waals surface area contributed by atoms with Crippen LogP contribution in [0.1, 0.15) is 35.9 Å². The molecule has 1 aliphatic carbocycles. The van der Waals surface area contributed by atoms with Gasteiger partial charge in [0.2, 0.25) is 0 Å². The number of fused-ring (bicyclic) bond motifs is 5. The fraction of sp³-hybridized carbons (Fsp3) is 0.0857. The summed E-state index contributed by atoms with van der Waals surface area (Å²) in [5, 5.41) is 0.927. The number of rotatable bonds is 2. The Morgan fingerprint density at radius 3 is 1.66 bits per heavy atom. The lowest BCUT2D eigenvalue weighted by Crippen LogP contribution is -2.14. The smallest absolute Gasteiger partial charge is 0.0622 e. The average Bonchev–Trinajstić information content (AvgIpc) is 3.26. The van der Waals surface area contributed by atoms with Gasteiger partial charge in [0.05, 0.1) is 11.0 Å². The summed E-state index contributed by atoms with van der Waals surface area (Å²) in [5.41, 5.74) is 5.72. The zero-order valence-corrected chi connectivity index (χ0v) is 19.4. The second kappa shape index (κ2) is 7.42. The Hall–Kier alpha value is -4.16. The average molecular weight is 455 g/mol. The van der Waals surface area contributed by atoms with E-state index in [1.165, 1.54) is 0 Å². The fourth-order valence-corrected chi connectivity index (χ4v) is 5.75. The molecule has 0 fully saturated rings. The van der Waals surface area contributed by atoms with E-state index in [-0.39, 0.29) is 51.1 Å². The SMILES string of the molecule is [2H]c1c([2H])c([2H])c2c(-c3cccc4c3-c3ccccc3C4(C)C)c3c([2H])c([2H])c([2H])c([2H])c3c(-c3ccccc3)c2c1[2H]. The molecule has 0 bridgehead atoms. The van der Waals surface area contributed by atoms with Gasteiger partial charge in [0.1, 0.15) is 0 Å². The number of benzene rings is 6. The van der Waals surface area contributed by atoms with E-state index in [4.69, 9.17) is 8.22 Å². The van der Waals surface area contributed by atoms with Crippen LogP contribution in [0.25, 0.3) is 54.9 Å². The minimum atomic E-state index is -0.398. The molecule has 0 radical (unpaired) electrons. The predicted octanol–water partition coefficient (Wildman–Crippen LogP) is 9.63. The molecule has 0 unspecified atom stereocenters. The van der Waals surface area contributed by atoms with Crippen molar-refractivity contribution in [1.29, 1.82) is 0 Å². The van der Waals surface area contributed by atoms with Gasteiger partial charge in [-0.1, -0.05) is 135 Å². The van der Waals surface area contributed by atoms with Gasteiger partial charge >= 0.3 is 0 Å². The Balaban J connectivity index is 1.85. The van der Waals surface area contributed by atoms with Crippen molar-refractivity contribution in [3.63, 3.8) is 0 Å². The first-order chi connectivity index (χ1) is 20.5. The van der Waals surface area contributed by atoms with Gasteiger partial charge in [-0.25, -0.2) is 0 Å². The normalized spacial score (nSPS) is 16.9. The zero-order valence-electron chi connectivity index (χ0n) is 27.4. The predicted molar refractivity (Wildman–Crippen MR) is 150 cm³/mol. The largest absolute Gasteiger partial charge is 0.0629 e. The summed E-state index contributed by atoms with van der Waals surface area (Å²) in [6.45, 7) is 4.29. The highest BCUT2D eigenvalue weighted by Crippen LogP contribution is 2.54. The van der Waals surface area contributed by atoms with E-state index < -0.39 is 24.2 Å². The zero-order chi connectivity index (χ0) is 30.5. The molecular weight excluding hydrogens is 420 g/mol. The second-order valence-corrected chi connectivity index (χ2v) is 9.51. The molecule has 1 aliphatic rings. The molecule has 0 aliphatic heterocycles.